The Morgan fingerprint density at radius 3 is 2.68 bits per heavy atom. The molecular weight excluding hydrogens is 292 g/mol. The lowest BCUT2D eigenvalue weighted by atomic mass is 10.0. The van der Waals surface area contributed by atoms with Crippen molar-refractivity contribution in [3.05, 3.63) is 16.1 Å². The van der Waals surface area contributed by atoms with Gasteiger partial charge in [0, 0.05) is 23.7 Å². The second-order valence-corrected chi connectivity index (χ2v) is 7.42. The smallest absolute Gasteiger partial charge is 0.188 e. The Morgan fingerprint density at radius 2 is 2.05 bits per heavy atom. The lowest BCUT2D eigenvalue weighted by molar-refractivity contribution is 0.493. The summed E-state index contributed by atoms with van der Waals surface area (Å²) in [5.74, 6) is 1.36. The Labute approximate surface area is 139 Å². The molecule has 0 saturated carbocycles. The number of hydrogen-bond acceptors (Lipinski definition) is 3. The zero-order valence-electron chi connectivity index (χ0n) is 14.6. The van der Waals surface area contributed by atoms with Crippen molar-refractivity contribution in [2.24, 2.45) is 16.6 Å². The molecule has 1 aromatic heterocycles. The quantitative estimate of drug-likeness (QED) is 0.390. The van der Waals surface area contributed by atoms with E-state index in [1.807, 2.05) is 6.92 Å². The average Bonchev–Trinajstić information content (AvgIpc) is 2.83. The van der Waals surface area contributed by atoms with Crippen LogP contribution in [0.3, 0.4) is 0 Å². The van der Waals surface area contributed by atoms with Gasteiger partial charge < -0.3 is 11.1 Å². The van der Waals surface area contributed by atoms with Gasteiger partial charge in [-0.15, -0.1) is 11.3 Å². The molecule has 1 unspecified atom stereocenters. The lowest BCUT2D eigenvalue weighted by Gasteiger charge is -2.15. The van der Waals surface area contributed by atoms with Gasteiger partial charge in [-0.25, -0.2) is 4.98 Å². The van der Waals surface area contributed by atoms with Crippen molar-refractivity contribution in [3.63, 3.8) is 0 Å². The topological polar surface area (TPSA) is 63.3 Å². The van der Waals surface area contributed by atoms with Crippen LogP contribution in [-0.4, -0.2) is 23.5 Å². The van der Waals surface area contributed by atoms with Crippen LogP contribution in [0.1, 0.15) is 63.6 Å². The van der Waals surface area contributed by atoms with Crippen molar-refractivity contribution < 1.29 is 0 Å². The standard InChI is InChI=1S/C17H32N4S/c1-13(2)8-7-9-14(3)21-17(18)19-11-6-5-10-16-20-15(4)12-22-16/h12-14H,5-11H2,1-4H3,(H3,18,19,21). The molecule has 0 fully saturated rings. The molecule has 0 aromatic carbocycles. The van der Waals surface area contributed by atoms with Gasteiger partial charge in [-0.1, -0.05) is 26.7 Å². The highest BCUT2D eigenvalue weighted by Crippen LogP contribution is 2.11. The summed E-state index contributed by atoms with van der Waals surface area (Å²) in [7, 11) is 0. The SMILES string of the molecule is Cc1csc(CCCCN=C(N)NC(C)CCCC(C)C)n1. The molecule has 1 aromatic rings. The van der Waals surface area contributed by atoms with Gasteiger partial charge in [-0.05, 0) is 45.4 Å². The van der Waals surface area contributed by atoms with E-state index in [0.29, 0.717) is 12.0 Å². The zero-order chi connectivity index (χ0) is 16.4. The van der Waals surface area contributed by atoms with Gasteiger partial charge in [-0.2, -0.15) is 0 Å². The van der Waals surface area contributed by atoms with Gasteiger partial charge in [0.1, 0.15) is 0 Å². The number of thiazole rings is 1. The molecule has 126 valence electrons. The molecule has 0 saturated heterocycles. The highest BCUT2D eigenvalue weighted by atomic mass is 32.1. The number of hydrogen-bond donors (Lipinski definition) is 2. The number of nitrogens with two attached hydrogens (primary N) is 1. The largest absolute Gasteiger partial charge is 0.370 e. The second-order valence-electron chi connectivity index (χ2n) is 6.48. The van der Waals surface area contributed by atoms with Crippen LogP contribution in [0.2, 0.25) is 0 Å². The predicted octanol–water partition coefficient (Wildman–Crippen LogP) is 3.89. The number of aryl methyl sites for hydroxylation is 2. The van der Waals surface area contributed by atoms with Gasteiger partial charge in [0.15, 0.2) is 5.96 Å². The molecule has 0 spiro atoms. The average molecular weight is 325 g/mol. The van der Waals surface area contributed by atoms with E-state index < -0.39 is 0 Å². The third-order valence-corrected chi connectivity index (χ3v) is 4.59. The van der Waals surface area contributed by atoms with Gasteiger partial charge >= 0.3 is 0 Å². The molecule has 0 amide bonds. The number of nitrogens with one attached hydrogen (secondary N) is 1. The molecule has 22 heavy (non-hydrogen) atoms. The maximum Gasteiger partial charge on any atom is 0.188 e. The van der Waals surface area contributed by atoms with E-state index >= 15 is 0 Å². The van der Waals surface area contributed by atoms with Crippen LogP contribution < -0.4 is 11.1 Å². The van der Waals surface area contributed by atoms with E-state index in [1.165, 1.54) is 17.8 Å². The molecule has 0 aliphatic heterocycles. The van der Waals surface area contributed by atoms with E-state index in [9.17, 15) is 0 Å². The Balaban J connectivity index is 2.09. The summed E-state index contributed by atoms with van der Waals surface area (Å²) in [5, 5.41) is 6.62. The third-order valence-electron chi connectivity index (χ3n) is 3.56. The highest BCUT2D eigenvalue weighted by molar-refractivity contribution is 7.09. The number of guanidine groups is 1. The highest BCUT2D eigenvalue weighted by Gasteiger charge is 2.03. The molecule has 0 radical (unpaired) electrons. The number of rotatable bonds is 10. The molecule has 1 heterocycles. The van der Waals surface area contributed by atoms with E-state index in [2.05, 4.69) is 41.4 Å². The fourth-order valence-electron chi connectivity index (χ4n) is 2.31. The normalized spacial score (nSPS) is 13.6. The Bertz CT molecular complexity index is 440. The van der Waals surface area contributed by atoms with Crippen molar-refractivity contribution in [1.82, 2.24) is 10.3 Å². The Morgan fingerprint density at radius 1 is 1.27 bits per heavy atom. The summed E-state index contributed by atoms with van der Waals surface area (Å²) in [6, 6.07) is 0.404. The first-order chi connectivity index (χ1) is 10.5. The summed E-state index contributed by atoms with van der Waals surface area (Å²) in [6.07, 6.45) is 6.90. The van der Waals surface area contributed by atoms with Crippen LogP contribution in [0.15, 0.2) is 10.4 Å². The van der Waals surface area contributed by atoms with Crippen LogP contribution in [0.4, 0.5) is 0 Å². The van der Waals surface area contributed by atoms with Gasteiger partial charge in [0.05, 0.1) is 5.01 Å². The summed E-state index contributed by atoms with van der Waals surface area (Å²) >= 11 is 1.75. The van der Waals surface area contributed by atoms with Crippen LogP contribution in [0.5, 0.6) is 0 Å². The molecule has 5 heteroatoms. The Kier molecular flexibility index (Phi) is 9.13. The summed E-state index contributed by atoms with van der Waals surface area (Å²) in [4.78, 5) is 8.88. The maximum absolute atomic E-state index is 5.93. The zero-order valence-corrected chi connectivity index (χ0v) is 15.4. The van der Waals surface area contributed by atoms with Crippen molar-refractivity contribution in [2.75, 3.05) is 6.54 Å². The summed E-state index contributed by atoms with van der Waals surface area (Å²) < 4.78 is 0. The van der Waals surface area contributed by atoms with Crippen LogP contribution in [0.25, 0.3) is 0 Å². The Hall–Kier alpha value is -1.10. The van der Waals surface area contributed by atoms with E-state index in [1.54, 1.807) is 11.3 Å². The summed E-state index contributed by atoms with van der Waals surface area (Å²) in [5.41, 5.74) is 7.05. The van der Waals surface area contributed by atoms with Gasteiger partial charge in [0.2, 0.25) is 0 Å². The van der Waals surface area contributed by atoms with Crippen molar-refractivity contribution >= 4 is 17.3 Å². The van der Waals surface area contributed by atoms with Crippen molar-refractivity contribution in [3.8, 4) is 0 Å². The second kappa shape index (κ2) is 10.6. The minimum atomic E-state index is 0.404. The van der Waals surface area contributed by atoms with E-state index in [4.69, 9.17) is 5.73 Å². The fourth-order valence-corrected chi connectivity index (χ4v) is 3.13. The van der Waals surface area contributed by atoms with Crippen molar-refractivity contribution in [2.45, 2.75) is 72.3 Å². The minimum absolute atomic E-state index is 0.404. The lowest BCUT2D eigenvalue weighted by Crippen LogP contribution is -2.38. The van der Waals surface area contributed by atoms with Gasteiger partial charge in [0.25, 0.3) is 0 Å². The molecular formula is C17H32N4S. The first kappa shape index (κ1) is 18.9. The third kappa shape index (κ3) is 9.03. The predicted molar refractivity (Wildman–Crippen MR) is 97.6 cm³/mol. The van der Waals surface area contributed by atoms with Crippen LogP contribution in [-0.2, 0) is 6.42 Å². The first-order valence-electron chi connectivity index (χ1n) is 8.45. The molecule has 1 rings (SSSR count). The molecule has 4 nitrogen and oxygen atoms in total. The summed E-state index contributed by atoms with van der Waals surface area (Å²) in [6.45, 7) is 9.54. The van der Waals surface area contributed by atoms with Crippen molar-refractivity contribution in [1.29, 1.82) is 0 Å². The maximum atomic E-state index is 5.93. The van der Waals surface area contributed by atoms with E-state index in [0.717, 1.165) is 43.8 Å². The minimum Gasteiger partial charge on any atom is -0.370 e. The number of nitrogens with zero attached hydrogens (tertiary/aromatic N) is 2. The molecule has 1 atom stereocenters. The van der Waals surface area contributed by atoms with Crippen LogP contribution >= 0.6 is 11.3 Å². The molecule has 0 aliphatic rings. The van der Waals surface area contributed by atoms with Crippen LogP contribution in [0, 0.1) is 12.8 Å². The molecule has 0 bridgehead atoms. The molecule has 0 aliphatic carbocycles. The number of aromatic nitrogens is 1. The molecule has 3 N–H and O–H groups in total. The number of unbranched alkanes of at least 4 members (excludes halogenated alkanes) is 1. The first-order valence-corrected chi connectivity index (χ1v) is 9.32. The van der Waals surface area contributed by atoms with E-state index in [-0.39, 0.29) is 0 Å². The fraction of sp³-hybridized carbons (Fsp3) is 0.765. The number of aliphatic imine (C=N–C) groups is 1. The van der Waals surface area contributed by atoms with Gasteiger partial charge in [-0.3, -0.25) is 4.99 Å². The monoisotopic (exact) mass is 324 g/mol.